The Balaban J connectivity index is 1.40. The Bertz CT molecular complexity index is 1040. The Morgan fingerprint density at radius 1 is 1.12 bits per heavy atom. The molecule has 4 aliphatic rings. The summed E-state index contributed by atoms with van der Waals surface area (Å²) >= 11 is 0. The Morgan fingerprint density at radius 3 is 2.72 bits per heavy atom. The van der Waals surface area contributed by atoms with Gasteiger partial charge in [-0.05, 0) is 86.4 Å². The van der Waals surface area contributed by atoms with E-state index >= 15 is 0 Å². The highest BCUT2D eigenvalue weighted by atomic mass is 16.3. The predicted octanol–water partition coefficient (Wildman–Crippen LogP) is 2.73. The lowest BCUT2D eigenvalue weighted by molar-refractivity contribution is -0.149. The van der Waals surface area contributed by atoms with Crippen LogP contribution in [0.25, 0.3) is 0 Å². The fraction of sp³-hybridized carbons (Fsp3) is 0.538. The van der Waals surface area contributed by atoms with E-state index in [0.717, 1.165) is 37.4 Å². The maximum atomic E-state index is 13.2. The summed E-state index contributed by atoms with van der Waals surface area (Å²) in [7, 11) is 0. The van der Waals surface area contributed by atoms with Gasteiger partial charge in [0.15, 0.2) is 0 Å². The fourth-order valence-corrected chi connectivity index (χ4v) is 6.74. The molecule has 32 heavy (non-hydrogen) atoms. The molecule has 3 heterocycles. The van der Waals surface area contributed by atoms with Gasteiger partial charge in [-0.1, -0.05) is 6.07 Å². The number of benzene rings is 1. The number of nitrogens with zero attached hydrogens (tertiary/aromatic N) is 3. The molecule has 1 aromatic carbocycles. The number of hydrogen-bond donors (Lipinski definition) is 2. The maximum absolute atomic E-state index is 13.2. The summed E-state index contributed by atoms with van der Waals surface area (Å²) in [5.74, 6) is 1.01. The first kappa shape index (κ1) is 20.2. The number of phenolic OH excluding ortho intramolecular Hbond substituents is 1. The summed E-state index contributed by atoms with van der Waals surface area (Å²) in [5, 5.41) is 22.8. The van der Waals surface area contributed by atoms with Gasteiger partial charge in [0.1, 0.15) is 5.75 Å². The quantitative estimate of drug-likeness (QED) is 0.778. The number of amides is 1. The van der Waals surface area contributed by atoms with Gasteiger partial charge in [0.2, 0.25) is 0 Å². The van der Waals surface area contributed by atoms with Gasteiger partial charge in [0, 0.05) is 43.5 Å². The average Bonchev–Trinajstić information content (AvgIpc) is 3.63. The number of likely N-dealkylation sites (tertiary alicyclic amines) is 2. The number of carbonyl (C=O) groups excluding carboxylic acids is 1. The van der Waals surface area contributed by atoms with E-state index in [-0.39, 0.29) is 17.7 Å². The number of aromatic hydroxyl groups is 1. The number of rotatable bonds is 3. The third-order valence-electron chi connectivity index (χ3n) is 8.63. The van der Waals surface area contributed by atoms with Gasteiger partial charge < -0.3 is 15.1 Å². The summed E-state index contributed by atoms with van der Waals surface area (Å²) in [4.78, 5) is 21.8. The number of piperidine rings is 1. The van der Waals surface area contributed by atoms with Crippen LogP contribution in [0.1, 0.15) is 53.6 Å². The van der Waals surface area contributed by atoms with Crippen LogP contribution in [0.4, 0.5) is 0 Å². The van der Waals surface area contributed by atoms with Crippen molar-refractivity contribution in [3.63, 3.8) is 0 Å². The van der Waals surface area contributed by atoms with E-state index in [1.807, 2.05) is 23.1 Å². The van der Waals surface area contributed by atoms with Gasteiger partial charge in [-0.3, -0.25) is 14.7 Å². The van der Waals surface area contributed by atoms with Crippen LogP contribution >= 0.6 is 0 Å². The summed E-state index contributed by atoms with van der Waals surface area (Å²) in [6.45, 7) is 3.16. The minimum absolute atomic E-state index is 0.0164. The fourth-order valence-electron chi connectivity index (χ4n) is 6.74. The first-order chi connectivity index (χ1) is 15.5. The molecule has 1 amide bonds. The van der Waals surface area contributed by atoms with Gasteiger partial charge in [-0.2, -0.15) is 0 Å². The van der Waals surface area contributed by atoms with Crippen LogP contribution in [0.15, 0.2) is 42.7 Å². The van der Waals surface area contributed by atoms with Crippen molar-refractivity contribution in [3.05, 3.63) is 59.4 Å². The molecule has 2 N–H and O–H groups in total. The summed E-state index contributed by atoms with van der Waals surface area (Å²) in [6, 6.07) is 9.36. The molecule has 2 aliphatic carbocycles. The van der Waals surface area contributed by atoms with Crippen molar-refractivity contribution in [2.24, 2.45) is 5.92 Å². The minimum atomic E-state index is -0.912. The van der Waals surface area contributed by atoms with Gasteiger partial charge in [0.25, 0.3) is 5.91 Å². The molecular weight excluding hydrogens is 402 g/mol. The van der Waals surface area contributed by atoms with E-state index in [1.165, 1.54) is 18.4 Å². The summed E-state index contributed by atoms with van der Waals surface area (Å²) < 4.78 is 0. The van der Waals surface area contributed by atoms with Crippen LogP contribution in [-0.2, 0) is 11.8 Å². The monoisotopic (exact) mass is 433 g/mol. The van der Waals surface area contributed by atoms with Gasteiger partial charge in [-0.25, -0.2) is 0 Å². The van der Waals surface area contributed by atoms with Crippen LogP contribution in [0, 0.1) is 5.92 Å². The van der Waals surface area contributed by atoms with Crippen LogP contribution in [0.5, 0.6) is 5.75 Å². The molecule has 1 saturated carbocycles. The molecule has 1 aromatic heterocycles. The molecule has 2 aromatic rings. The van der Waals surface area contributed by atoms with Crippen molar-refractivity contribution < 1.29 is 15.0 Å². The topological polar surface area (TPSA) is 76.9 Å². The predicted molar refractivity (Wildman–Crippen MR) is 121 cm³/mol. The van der Waals surface area contributed by atoms with Crippen LogP contribution in [0.3, 0.4) is 0 Å². The molecular formula is C26H31N3O3. The largest absolute Gasteiger partial charge is 0.508 e. The van der Waals surface area contributed by atoms with Gasteiger partial charge in [0.05, 0.1) is 11.2 Å². The summed E-state index contributed by atoms with van der Waals surface area (Å²) in [5.41, 5.74) is 1.58. The zero-order chi connectivity index (χ0) is 21.9. The van der Waals surface area contributed by atoms with Crippen LogP contribution in [0.2, 0.25) is 0 Å². The number of aromatic nitrogens is 1. The van der Waals surface area contributed by atoms with Crippen molar-refractivity contribution in [1.29, 1.82) is 0 Å². The lowest BCUT2D eigenvalue weighted by Crippen LogP contribution is -2.71. The highest BCUT2D eigenvalue weighted by Crippen LogP contribution is 2.56. The van der Waals surface area contributed by atoms with E-state index < -0.39 is 11.0 Å². The third-order valence-corrected chi connectivity index (χ3v) is 8.63. The lowest BCUT2D eigenvalue weighted by atomic mass is 9.52. The number of phenols is 1. The molecule has 2 saturated heterocycles. The first-order valence-electron chi connectivity index (χ1n) is 12.0. The van der Waals surface area contributed by atoms with Crippen LogP contribution in [-0.4, -0.2) is 68.7 Å². The maximum Gasteiger partial charge on any atom is 0.255 e. The Hall–Kier alpha value is -2.44. The molecule has 2 aliphatic heterocycles. The standard InChI is InChI=1S/C26H31N3O3/c30-21-6-5-19-14-23-26(32)9-13-28(24(31)20-2-1-10-27-16-20)11-7-25(26,22(19)15-21)8-12-29(23)17-18-3-4-18/h1-2,5-6,10,15-16,18,23,30,32H,3-4,7-9,11-14,17H2. The van der Waals surface area contributed by atoms with Crippen molar-refractivity contribution >= 4 is 5.91 Å². The Labute approximate surface area is 188 Å². The molecule has 3 atom stereocenters. The van der Waals surface area contributed by atoms with E-state index in [0.29, 0.717) is 31.5 Å². The Morgan fingerprint density at radius 2 is 1.94 bits per heavy atom. The molecule has 0 spiro atoms. The average molecular weight is 434 g/mol. The highest BCUT2D eigenvalue weighted by Gasteiger charge is 2.63. The minimum Gasteiger partial charge on any atom is -0.508 e. The summed E-state index contributed by atoms with van der Waals surface area (Å²) in [6.07, 6.45) is 8.82. The smallest absolute Gasteiger partial charge is 0.255 e. The second-order valence-corrected chi connectivity index (χ2v) is 10.3. The number of aliphatic hydroxyl groups is 1. The van der Waals surface area contributed by atoms with Crippen molar-refractivity contribution in [2.75, 3.05) is 26.2 Å². The third kappa shape index (κ3) is 3.00. The second kappa shape index (κ2) is 7.29. The zero-order valence-corrected chi connectivity index (χ0v) is 18.4. The first-order valence-corrected chi connectivity index (χ1v) is 12.0. The number of fused-ring (bicyclic) bond motifs is 1. The molecule has 6 rings (SSSR count). The number of hydrogen-bond acceptors (Lipinski definition) is 5. The molecule has 6 nitrogen and oxygen atoms in total. The normalized spacial score (nSPS) is 32.0. The highest BCUT2D eigenvalue weighted by molar-refractivity contribution is 5.93. The van der Waals surface area contributed by atoms with Gasteiger partial charge >= 0.3 is 0 Å². The number of carbonyl (C=O) groups is 1. The van der Waals surface area contributed by atoms with Gasteiger partial charge in [-0.15, -0.1) is 0 Å². The van der Waals surface area contributed by atoms with E-state index in [4.69, 9.17) is 0 Å². The SMILES string of the molecule is O=C(c1cccnc1)N1CCC23CCN(CC4CC4)C(Cc4ccc(O)cc42)C3(O)CC1. The second-order valence-electron chi connectivity index (χ2n) is 10.3. The number of pyridine rings is 1. The molecule has 0 radical (unpaired) electrons. The zero-order valence-electron chi connectivity index (χ0n) is 18.4. The Kier molecular flexibility index (Phi) is 4.60. The van der Waals surface area contributed by atoms with E-state index in [2.05, 4.69) is 9.88 Å². The van der Waals surface area contributed by atoms with E-state index in [1.54, 1.807) is 24.5 Å². The molecule has 3 fully saturated rings. The molecule has 2 bridgehead atoms. The van der Waals surface area contributed by atoms with Crippen molar-refractivity contribution in [2.45, 2.75) is 55.6 Å². The lowest BCUT2D eigenvalue weighted by Gasteiger charge is -2.61. The van der Waals surface area contributed by atoms with Crippen molar-refractivity contribution in [1.82, 2.24) is 14.8 Å². The molecule has 6 heteroatoms. The molecule has 3 unspecified atom stereocenters. The molecule has 168 valence electrons. The van der Waals surface area contributed by atoms with Crippen LogP contribution < -0.4 is 0 Å². The van der Waals surface area contributed by atoms with Crippen molar-refractivity contribution in [3.8, 4) is 5.75 Å². The van der Waals surface area contributed by atoms with E-state index in [9.17, 15) is 15.0 Å².